The molecule has 2 aliphatic carbocycles. The van der Waals surface area contributed by atoms with Gasteiger partial charge in [-0.25, -0.2) is 0 Å². The molecule has 0 bridgehead atoms. The van der Waals surface area contributed by atoms with Crippen LogP contribution in [0.5, 0.6) is 0 Å². The molecular formula is C17H26F3N3OS. The van der Waals surface area contributed by atoms with Gasteiger partial charge in [-0.15, -0.1) is 0 Å². The highest BCUT2D eigenvalue weighted by molar-refractivity contribution is 8.15. The summed E-state index contributed by atoms with van der Waals surface area (Å²) in [7, 11) is 1.88. The summed E-state index contributed by atoms with van der Waals surface area (Å²) in [6.07, 6.45) is -0.291. The molecule has 0 aromatic heterocycles. The minimum Gasteiger partial charge on any atom is -0.317 e. The van der Waals surface area contributed by atoms with E-state index in [1.165, 1.54) is 11.8 Å². The Morgan fingerprint density at radius 2 is 1.96 bits per heavy atom. The summed E-state index contributed by atoms with van der Waals surface area (Å²) >= 11 is 1.33. The van der Waals surface area contributed by atoms with E-state index in [-0.39, 0.29) is 18.2 Å². The van der Waals surface area contributed by atoms with E-state index < -0.39 is 22.8 Å². The second kappa shape index (κ2) is 7.10. The van der Waals surface area contributed by atoms with E-state index >= 15 is 0 Å². The summed E-state index contributed by atoms with van der Waals surface area (Å²) in [5, 5.41) is 6.46. The lowest BCUT2D eigenvalue weighted by molar-refractivity contribution is -0.199. The Morgan fingerprint density at radius 1 is 1.28 bits per heavy atom. The first kappa shape index (κ1) is 19.0. The molecule has 0 aromatic carbocycles. The smallest absolute Gasteiger partial charge is 0.317 e. The first-order valence-corrected chi connectivity index (χ1v) is 9.83. The molecule has 0 saturated heterocycles. The maximum atomic E-state index is 13.4. The van der Waals surface area contributed by atoms with Gasteiger partial charge in [0.15, 0.2) is 5.17 Å². The Balaban J connectivity index is 1.59. The zero-order chi connectivity index (χ0) is 18.2. The van der Waals surface area contributed by atoms with Crippen LogP contribution in [0.3, 0.4) is 0 Å². The van der Waals surface area contributed by atoms with Crippen LogP contribution in [-0.4, -0.2) is 41.6 Å². The quantitative estimate of drug-likeness (QED) is 0.793. The molecule has 8 heteroatoms. The van der Waals surface area contributed by atoms with E-state index in [4.69, 9.17) is 0 Å². The molecule has 4 nitrogen and oxygen atoms in total. The Hall–Kier alpha value is -0.760. The van der Waals surface area contributed by atoms with Crippen LogP contribution in [0.1, 0.15) is 45.4 Å². The molecule has 2 saturated carbocycles. The fourth-order valence-electron chi connectivity index (χ4n) is 4.30. The number of nitrogens with one attached hydrogen (secondary N) is 2. The van der Waals surface area contributed by atoms with Crippen LogP contribution in [0.15, 0.2) is 4.99 Å². The molecule has 3 aliphatic rings. The summed E-state index contributed by atoms with van der Waals surface area (Å²) in [6, 6.07) is 0.383. The molecule has 25 heavy (non-hydrogen) atoms. The predicted molar refractivity (Wildman–Crippen MR) is 93.5 cm³/mol. The van der Waals surface area contributed by atoms with Gasteiger partial charge in [-0.1, -0.05) is 24.6 Å². The first-order valence-electron chi connectivity index (χ1n) is 9.01. The fraction of sp³-hybridized carbons (Fsp3) is 0.882. The average molecular weight is 377 g/mol. The van der Waals surface area contributed by atoms with Gasteiger partial charge in [0.25, 0.3) is 0 Å². The van der Waals surface area contributed by atoms with Crippen molar-refractivity contribution in [2.75, 3.05) is 13.6 Å². The highest BCUT2D eigenvalue weighted by Crippen LogP contribution is 2.52. The van der Waals surface area contributed by atoms with Crippen molar-refractivity contribution in [2.45, 2.75) is 62.4 Å². The maximum absolute atomic E-state index is 13.4. The lowest BCUT2D eigenvalue weighted by Crippen LogP contribution is -2.48. The van der Waals surface area contributed by atoms with Gasteiger partial charge in [0, 0.05) is 16.7 Å². The number of hydrogen-bond acceptors (Lipinski definition) is 4. The van der Waals surface area contributed by atoms with Crippen LogP contribution in [0.25, 0.3) is 0 Å². The van der Waals surface area contributed by atoms with E-state index in [1.807, 2.05) is 14.0 Å². The summed E-state index contributed by atoms with van der Waals surface area (Å²) in [5.74, 6) is -1.78. The van der Waals surface area contributed by atoms with E-state index in [1.54, 1.807) is 0 Å². The number of halogens is 3. The zero-order valence-electron chi connectivity index (χ0n) is 14.7. The highest BCUT2D eigenvalue weighted by atomic mass is 32.2. The van der Waals surface area contributed by atoms with E-state index in [2.05, 4.69) is 15.6 Å². The van der Waals surface area contributed by atoms with Gasteiger partial charge in [-0.2, -0.15) is 13.2 Å². The van der Waals surface area contributed by atoms with Gasteiger partial charge in [0.2, 0.25) is 5.91 Å². The van der Waals surface area contributed by atoms with Gasteiger partial charge in [0.05, 0.1) is 12.5 Å². The maximum Gasteiger partial charge on any atom is 0.392 e. The average Bonchev–Trinajstić information content (AvgIpc) is 2.88. The zero-order valence-corrected chi connectivity index (χ0v) is 15.5. The van der Waals surface area contributed by atoms with Gasteiger partial charge >= 0.3 is 6.18 Å². The highest BCUT2D eigenvalue weighted by Gasteiger charge is 2.53. The van der Waals surface area contributed by atoms with Crippen molar-refractivity contribution in [3.63, 3.8) is 0 Å². The standard InChI is InChI=1S/C17H26F3N3OS/c1-16(12-5-3-4-6-13(12)17(18,19)20)9-22-15(25-16)23-14(24)10-7-11(8-10)21-2/h10-13,21H,3-9H2,1-2H3,(H,22,23,24)/t10-,11-,12-,13-,16?/m0/s1. The number of amides is 1. The number of rotatable bonds is 3. The number of alkyl halides is 3. The Bertz CT molecular complexity index is 548. The number of amidine groups is 1. The minimum absolute atomic E-state index is 0.0230. The lowest BCUT2D eigenvalue weighted by atomic mass is 9.72. The molecule has 1 aliphatic heterocycles. The Kier molecular flexibility index (Phi) is 5.40. The summed E-state index contributed by atoms with van der Waals surface area (Å²) in [6.45, 7) is 2.21. The normalized spacial score (nSPS) is 38.8. The van der Waals surface area contributed by atoms with Crippen LogP contribution in [0.4, 0.5) is 13.2 Å². The fourth-order valence-corrected chi connectivity index (χ4v) is 5.59. The largest absolute Gasteiger partial charge is 0.392 e. The van der Waals surface area contributed by atoms with Crippen molar-refractivity contribution in [3.8, 4) is 0 Å². The number of nitrogens with zero attached hydrogens (tertiary/aromatic N) is 1. The molecule has 3 rings (SSSR count). The molecule has 1 amide bonds. The van der Waals surface area contributed by atoms with Crippen molar-refractivity contribution >= 4 is 22.8 Å². The first-order chi connectivity index (χ1) is 11.7. The molecule has 1 heterocycles. The van der Waals surface area contributed by atoms with Crippen LogP contribution < -0.4 is 10.6 Å². The van der Waals surface area contributed by atoms with Crippen LogP contribution in [0, 0.1) is 17.8 Å². The molecule has 142 valence electrons. The number of hydrogen-bond donors (Lipinski definition) is 2. The van der Waals surface area contributed by atoms with Crippen molar-refractivity contribution < 1.29 is 18.0 Å². The summed E-state index contributed by atoms with van der Waals surface area (Å²) in [4.78, 5) is 16.6. The van der Waals surface area contributed by atoms with Gasteiger partial charge in [-0.3, -0.25) is 9.79 Å². The number of carbonyl (C=O) groups is 1. The molecule has 2 fully saturated rings. The molecule has 2 N–H and O–H groups in total. The molecule has 0 radical (unpaired) electrons. The molecule has 0 spiro atoms. The molecule has 0 aromatic rings. The molecule has 1 unspecified atom stereocenters. The topological polar surface area (TPSA) is 53.5 Å². The number of carbonyl (C=O) groups excluding carboxylic acids is 1. The second-order valence-electron chi connectivity index (χ2n) is 7.72. The van der Waals surface area contributed by atoms with Crippen LogP contribution in [0.2, 0.25) is 0 Å². The summed E-state index contributed by atoms with van der Waals surface area (Å²) < 4.78 is 39.7. The number of aliphatic imine (C=N–C) groups is 1. The summed E-state index contributed by atoms with van der Waals surface area (Å²) in [5.41, 5.74) is 0. The molecular weight excluding hydrogens is 351 g/mol. The van der Waals surface area contributed by atoms with Crippen LogP contribution in [-0.2, 0) is 4.79 Å². The molecule has 3 atom stereocenters. The Morgan fingerprint density at radius 3 is 2.60 bits per heavy atom. The third-order valence-electron chi connectivity index (χ3n) is 5.98. The SMILES string of the molecule is CN[C@H]1C[C@H](C(=O)NC2=NCC(C)([C@H]3CCCC[C@@H]3C(F)(F)F)S2)C1. The Labute approximate surface area is 150 Å². The van der Waals surface area contributed by atoms with Crippen molar-refractivity contribution in [2.24, 2.45) is 22.7 Å². The van der Waals surface area contributed by atoms with Crippen LogP contribution >= 0.6 is 11.8 Å². The predicted octanol–water partition coefficient (Wildman–Crippen LogP) is 3.33. The minimum atomic E-state index is -4.16. The van der Waals surface area contributed by atoms with Crippen molar-refractivity contribution in [1.29, 1.82) is 0 Å². The van der Waals surface area contributed by atoms with E-state index in [9.17, 15) is 18.0 Å². The van der Waals surface area contributed by atoms with E-state index in [0.717, 1.165) is 19.3 Å². The van der Waals surface area contributed by atoms with Gasteiger partial charge in [-0.05, 0) is 45.6 Å². The monoisotopic (exact) mass is 377 g/mol. The van der Waals surface area contributed by atoms with Gasteiger partial charge in [0.1, 0.15) is 0 Å². The third kappa shape index (κ3) is 3.99. The number of thioether (sulfide) groups is 1. The van der Waals surface area contributed by atoms with Crippen molar-refractivity contribution in [3.05, 3.63) is 0 Å². The van der Waals surface area contributed by atoms with Crippen molar-refractivity contribution in [1.82, 2.24) is 10.6 Å². The lowest BCUT2D eigenvalue weighted by Gasteiger charge is -2.42. The second-order valence-corrected chi connectivity index (χ2v) is 9.24. The third-order valence-corrected chi connectivity index (χ3v) is 7.31. The van der Waals surface area contributed by atoms with E-state index in [0.29, 0.717) is 30.6 Å². The van der Waals surface area contributed by atoms with Gasteiger partial charge < -0.3 is 10.6 Å².